The Morgan fingerprint density at radius 3 is 1.68 bits per heavy atom. The van der Waals surface area contributed by atoms with Crippen LogP contribution in [0.3, 0.4) is 0 Å². The van der Waals surface area contributed by atoms with Crippen molar-refractivity contribution in [3.63, 3.8) is 0 Å². The predicted molar refractivity (Wildman–Crippen MR) is 113 cm³/mol. The average Bonchev–Trinajstić information content (AvgIpc) is 3.15. The summed E-state index contributed by atoms with van der Waals surface area (Å²) in [6.07, 6.45) is 21.5. The van der Waals surface area contributed by atoms with Gasteiger partial charge in [-0.15, -0.1) is 5.10 Å². The van der Waals surface area contributed by atoms with Gasteiger partial charge in [0.2, 0.25) is 0 Å². The van der Waals surface area contributed by atoms with Crippen LogP contribution in [0.4, 0.5) is 0 Å². The minimum absolute atomic E-state index is 0.452. The Morgan fingerprint density at radius 1 is 0.821 bits per heavy atom. The van der Waals surface area contributed by atoms with Crippen molar-refractivity contribution in [3.05, 3.63) is 5.82 Å². The zero-order chi connectivity index (χ0) is 20.5. The van der Waals surface area contributed by atoms with Gasteiger partial charge in [0.05, 0.1) is 0 Å². The Bertz CT molecular complexity index is 504. The van der Waals surface area contributed by atoms with Gasteiger partial charge in [0.15, 0.2) is 5.82 Å². The Morgan fingerprint density at radius 2 is 1.25 bits per heavy atom. The van der Waals surface area contributed by atoms with Crippen molar-refractivity contribution in [2.75, 3.05) is 0 Å². The molecule has 0 fully saturated rings. The summed E-state index contributed by atoms with van der Waals surface area (Å²) >= 11 is 0. The highest BCUT2D eigenvalue weighted by molar-refractivity contribution is 5.74. The van der Waals surface area contributed by atoms with Crippen LogP contribution in [-0.2, 0) is 11.3 Å². The third kappa shape index (κ3) is 11.4. The molecule has 0 saturated carbocycles. The van der Waals surface area contributed by atoms with E-state index in [2.05, 4.69) is 22.4 Å². The zero-order valence-corrected chi connectivity index (χ0v) is 18.2. The van der Waals surface area contributed by atoms with Crippen LogP contribution in [0, 0.1) is 0 Å². The van der Waals surface area contributed by atoms with Gasteiger partial charge in [-0.3, -0.25) is 4.79 Å². The number of rotatable bonds is 19. The molecule has 6 heteroatoms. The first-order chi connectivity index (χ1) is 13.7. The van der Waals surface area contributed by atoms with E-state index in [-0.39, 0.29) is 0 Å². The lowest BCUT2D eigenvalue weighted by Crippen LogP contribution is -2.15. The Hall–Kier alpha value is -1.46. The normalized spacial score (nSPS) is 12.4. The molecule has 0 amide bonds. The molecule has 1 rings (SSSR count). The third-order valence-electron chi connectivity index (χ3n) is 5.54. The molecule has 0 radical (unpaired) electrons. The van der Waals surface area contributed by atoms with Crippen LogP contribution in [0.2, 0.25) is 0 Å². The Balaban J connectivity index is 1.88. The molecule has 1 aromatic rings. The first-order valence-corrected chi connectivity index (χ1v) is 11.7. The predicted octanol–water partition coefficient (Wildman–Crippen LogP) is 6.12. The molecule has 1 N–H and O–H groups in total. The van der Waals surface area contributed by atoms with Crippen LogP contribution in [0.25, 0.3) is 0 Å². The Labute approximate surface area is 171 Å². The summed E-state index contributed by atoms with van der Waals surface area (Å²) in [6, 6.07) is 0. The van der Waals surface area contributed by atoms with E-state index >= 15 is 0 Å². The summed E-state index contributed by atoms with van der Waals surface area (Å²) in [5.41, 5.74) is 0. The number of hydrogen-bond donors (Lipinski definition) is 1. The highest BCUT2D eigenvalue weighted by atomic mass is 16.4. The van der Waals surface area contributed by atoms with Crippen LogP contribution >= 0.6 is 0 Å². The molecule has 0 spiro atoms. The minimum atomic E-state index is -0.886. The third-order valence-corrected chi connectivity index (χ3v) is 5.54. The van der Waals surface area contributed by atoms with E-state index < -0.39 is 11.9 Å². The van der Waals surface area contributed by atoms with Gasteiger partial charge in [-0.05, 0) is 23.8 Å². The number of aromatic nitrogens is 4. The number of carboxylic acids is 1. The van der Waals surface area contributed by atoms with Crippen molar-refractivity contribution in [2.24, 2.45) is 0 Å². The zero-order valence-electron chi connectivity index (χ0n) is 18.2. The number of tetrazole rings is 1. The number of aryl methyl sites for hydroxylation is 1. The smallest absolute Gasteiger partial charge is 0.314 e. The van der Waals surface area contributed by atoms with Crippen LogP contribution in [-0.4, -0.2) is 31.3 Å². The van der Waals surface area contributed by atoms with E-state index in [9.17, 15) is 4.79 Å². The van der Waals surface area contributed by atoms with Gasteiger partial charge in [0.1, 0.15) is 5.92 Å². The molecule has 1 heterocycles. The summed E-state index contributed by atoms with van der Waals surface area (Å²) in [5.74, 6) is -1.09. The lowest BCUT2D eigenvalue weighted by Gasteiger charge is -2.07. The molecule has 0 saturated heterocycles. The molecular formula is C22H42N4O2. The van der Waals surface area contributed by atoms with Gasteiger partial charge in [0.25, 0.3) is 0 Å². The van der Waals surface area contributed by atoms with Crippen molar-refractivity contribution >= 4 is 5.97 Å². The molecule has 0 aliphatic rings. The fraction of sp³-hybridized carbons (Fsp3) is 0.909. The van der Waals surface area contributed by atoms with E-state index in [0.717, 1.165) is 12.8 Å². The standard InChI is InChI=1S/C22H42N4O2/c1-3-4-5-6-7-8-9-10-11-12-13-14-15-16-17-18-19-26-21(23-24-25-26)20(2)22(27)28/h20H,3-19H2,1-2H3,(H,27,28). The maximum Gasteiger partial charge on any atom is 0.314 e. The highest BCUT2D eigenvalue weighted by Gasteiger charge is 2.20. The van der Waals surface area contributed by atoms with Crippen molar-refractivity contribution in [1.29, 1.82) is 0 Å². The summed E-state index contributed by atoms with van der Waals surface area (Å²) in [4.78, 5) is 11.1. The Kier molecular flexibility index (Phi) is 14.5. The van der Waals surface area contributed by atoms with Crippen LogP contribution in [0.5, 0.6) is 0 Å². The van der Waals surface area contributed by atoms with Gasteiger partial charge >= 0.3 is 5.97 Å². The summed E-state index contributed by atoms with van der Waals surface area (Å²) in [5, 5.41) is 20.5. The number of hydrogen-bond acceptors (Lipinski definition) is 4. The van der Waals surface area contributed by atoms with Gasteiger partial charge in [-0.25, -0.2) is 4.68 Å². The van der Waals surface area contributed by atoms with Crippen LogP contribution < -0.4 is 0 Å². The van der Waals surface area contributed by atoms with E-state index in [1.54, 1.807) is 11.6 Å². The van der Waals surface area contributed by atoms with Crippen molar-refractivity contribution < 1.29 is 9.90 Å². The fourth-order valence-electron chi connectivity index (χ4n) is 3.60. The minimum Gasteiger partial charge on any atom is -0.481 e. The quantitative estimate of drug-likeness (QED) is 0.286. The van der Waals surface area contributed by atoms with E-state index in [0.29, 0.717) is 12.4 Å². The molecule has 162 valence electrons. The number of aliphatic carboxylic acids is 1. The molecule has 6 nitrogen and oxygen atoms in total. The SMILES string of the molecule is CCCCCCCCCCCCCCCCCCn1nnnc1C(C)C(=O)O. The largest absolute Gasteiger partial charge is 0.481 e. The molecule has 0 aliphatic heterocycles. The summed E-state index contributed by atoms with van der Waals surface area (Å²) < 4.78 is 1.64. The number of carboxylic acid groups (broad SMARTS) is 1. The van der Waals surface area contributed by atoms with Gasteiger partial charge in [-0.2, -0.15) is 0 Å². The topological polar surface area (TPSA) is 80.9 Å². The molecule has 1 atom stereocenters. The molecule has 1 unspecified atom stereocenters. The number of unbranched alkanes of at least 4 members (excludes halogenated alkanes) is 15. The van der Waals surface area contributed by atoms with Gasteiger partial charge < -0.3 is 5.11 Å². The maximum absolute atomic E-state index is 11.1. The van der Waals surface area contributed by atoms with Gasteiger partial charge in [0, 0.05) is 6.54 Å². The molecule has 0 aliphatic carbocycles. The number of carbonyl (C=O) groups is 1. The highest BCUT2D eigenvalue weighted by Crippen LogP contribution is 2.15. The average molecular weight is 395 g/mol. The molecule has 0 bridgehead atoms. The van der Waals surface area contributed by atoms with Crippen LogP contribution in [0.15, 0.2) is 0 Å². The van der Waals surface area contributed by atoms with Gasteiger partial charge in [-0.1, -0.05) is 103 Å². The lowest BCUT2D eigenvalue weighted by atomic mass is 10.0. The molecule has 0 aromatic carbocycles. The second kappa shape index (κ2) is 16.5. The molecular weight excluding hydrogens is 352 g/mol. The second-order valence-corrected chi connectivity index (χ2v) is 8.12. The second-order valence-electron chi connectivity index (χ2n) is 8.12. The monoisotopic (exact) mass is 394 g/mol. The van der Waals surface area contributed by atoms with E-state index in [1.165, 1.54) is 89.9 Å². The maximum atomic E-state index is 11.1. The lowest BCUT2D eigenvalue weighted by molar-refractivity contribution is -0.138. The van der Waals surface area contributed by atoms with Crippen molar-refractivity contribution in [2.45, 2.75) is 129 Å². The van der Waals surface area contributed by atoms with E-state index in [4.69, 9.17) is 5.11 Å². The fourth-order valence-corrected chi connectivity index (χ4v) is 3.60. The van der Waals surface area contributed by atoms with E-state index in [1.807, 2.05) is 0 Å². The first-order valence-electron chi connectivity index (χ1n) is 11.7. The van der Waals surface area contributed by atoms with Crippen LogP contribution in [0.1, 0.15) is 128 Å². The number of nitrogens with zero attached hydrogens (tertiary/aromatic N) is 4. The van der Waals surface area contributed by atoms with Crippen molar-refractivity contribution in [1.82, 2.24) is 20.2 Å². The molecule has 1 aromatic heterocycles. The molecule has 28 heavy (non-hydrogen) atoms. The van der Waals surface area contributed by atoms with Crippen molar-refractivity contribution in [3.8, 4) is 0 Å². The summed E-state index contributed by atoms with van der Waals surface area (Å²) in [6.45, 7) is 4.60. The summed E-state index contributed by atoms with van der Waals surface area (Å²) in [7, 11) is 0. The first kappa shape index (κ1) is 24.6.